The molecular formula is C46H28N2S. The zero-order valence-electron chi connectivity index (χ0n) is 26.5. The van der Waals surface area contributed by atoms with Gasteiger partial charge in [-0.05, 0) is 80.9 Å². The van der Waals surface area contributed by atoms with Crippen molar-refractivity contribution in [3.8, 4) is 28.1 Å². The first kappa shape index (κ1) is 27.1. The molecule has 0 N–H and O–H groups in total. The van der Waals surface area contributed by atoms with E-state index in [1.165, 1.54) is 70.6 Å². The fourth-order valence-electron chi connectivity index (χ4n) is 8.70. The van der Waals surface area contributed by atoms with Gasteiger partial charge in [-0.2, -0.15) is 0 Å². The number of hydrogen-bond donors (Lipinski definition) is 0. The van der Waals surface area contributed by atoms with Crippen molar-refractivity contribution in [3.63, 3.8) is 0 Å². The first-order chi connectivity index (χ1) is 24.3. The van der Waals surface area contributed by atoms with Crippen molar-refractivity contribution < 1.29 is 0 Å². The summed E-state index contributed by atoms with van der Waals surface area (Å²) < 4.78 is 2.38. The molecule has 2 aromatic heterocycles. The van der Waals surface area contributed by atoms with Crippen molar-refractivity contribution in [1.82, 2.24) is 9.55 Å². The lowest BCUT2D eigenvalue weighted by Crippen LogP contribution is -2.32. The third-order valence-corrected chi connectivity index (χ3v) is 11.8. The third kappa shape index (κ3) is 3.60. The molecule has 7 aromatic carbocycles. The van der Waals surface area contributed by atoms with E-state index >= 15 is 0 Å². The maximum atomic E-state index is 5.34. The molecule has 0 bridgehead atoms. The van der Waals surface area contributed by atoms with Gasteiger partial charge in [0.2, 0.25) is 0 Å². The molecule has 2 aliphatic rings. The molecule has 0 amide bonds. The molecule has 49 heavy (non-hydrogen) atoms. The molecule has 0 unspecified atom stereocenters. The molecule has 11 rings (SSSR count). The topological polar surface area (TPSA) is 17.8 Å². The fourth-order valence-corrected chi connectivity index (χ4v) is 9.90. The van der Waals surface area contributed by atoms with Crippen LogP contribution in [0.3, 0.4) is 0 Å². The van der Waals surface area contributed by atoms with E-state index in [0.717, 1.165) is 22.2 Å². The quantitative estimate of drug-likeness (QED) is 0.187. The third-order valence-electron chi connectivity index (χ3n) is 10.7. The van der Waals surface area contributed by atoms with Crippen LogP contribution in [-0.4, -0.2) is 9.55 Å². The molecule has 1 aliphatic heterocycles. The highest BCUT2D eigenvalue weighted by atomic mass is 32.2. The van der Waals surface area contributed by atoms with Gasteiger partial charge in [0.15, 0.2) is 0 Å². The summed E-state index contributed by atoms with van der Waals surface area (Å²) in [6.45, 7) is 0. The number of pyridine rings is 1. The number of hydrogen-bond acceptors (Lipinski definition) is 2. The zero-order valence-corrected chi connectivity index (χ0v) is 27.3. The monoisotopic (exact) mass is 640 g/mol. The summed E-state index contributed by atoms with van der Waals surface area (Å²) in [5, 5.41) is 3.63. The van der Waals surface area contributed by atoms with Crippen molar-refractivity contribution in [2.24, 2.45) is 0 Å². The van der Waals surface area contributed by atoms with Crippen molar-refractivity contribution in [2.75, 3.05) is 0 Å². The van der Waals surface area contributed by atoms with Crippen LogP contribution in [-0.2, 0) is 5.41 Å². The number of rotatable bonds is 2. The number of para-hydroxylation sites is 2. The Morgan fingerprint density at radius 1 is 0.429 bits per heavy atom. The van der Waals surface area contributed by atoms with Gasteiger partial charge < -0.3 is 0 Å². The van der Waals surface area contributed by atoms with Crippen molar-refractivity contribution in [1.29, 1.82) is 0 Å². The van der Waals surface area contributed by atoms with Gasteiger partial charge in [0.05, 0.1) is 22.0 Å². The highest BCUT2D eigenvalue weighted by Gasteiger charge is 2.50. The van der Waals surface area contributed by atoms with E-state index in [9.17, 15) is 0 Å². The fraction of sp³-hybridized carbons (Fsp3) is 0.0217. The molecule has 3 heterocycles. The second-order valence-corrected chi connectivity index (χ2v) is 14.2. The molecule has 228 valence electrons. The van der Waals surface area contributed by atoms with E-state index in [1.54, 1.807) is 0 Å². The molecule has 0 saturated carbocycles. The summed E-state index contributed by atoms with van der Waals surface area (Å²) in [5.41, 5.74) is 13.3. The Labute approximate surface area is 288 Å². The lowest BCUT2D eigenvalue weighted by molar-refractivity contribution is 0.724. The maximum absolute atomic E-state index is 5.34. The normalized spacial score (nSPS) is 13.8. The van der Waals surface area contributed by atoms with Crippen LogP contribution in [0.2, 0.25) is 0 Å². The summed E-state index contributed by atoms with van der Waals surface area (Å²) in [6.07, 6.45) is 0. The van der Waals surface area contributed by atoms with Crippen LogP contribution < -0.4 is 0 Å². The smallest absolute Gasteiger partial charge is 0.138 e. The van der Waals surface area contributed by atoms with Crippen molar-refractivity contribution in [2.45, 2.75) is 15.2 Å². The predicted molar refractivity (Wildman–Crippen MR) is 203 cm³/mol. The maximum Gasteiger partial charge on any atom is 0.138 e. The Morgan fingerprint density at radius 3 is 1.86 bits per heavy atom. The number of benzene rings is 7. The van der Waals surface area contributed by atoms with E-state index < -0.39 is 5.41 Å². The van der Waals surface area contributed by atoms with E-state index in [2.05, 4.69) is 174 Å². The van der Waals surface area contributed by atoms with E-state index in [-0.39, 0.29) is 0 Å². The Kier molecular flexibility index (Phi) is 5.56. The summed E-state index contributed by atoms with van der Waals surface area (Å²) in [4.78, 5) is 7.93. The van der Waals surface area contributed by atoms with Gasteiger partial charge in [0, 0.05) is 25.9 Å². The van der Waals surface area contributed by atoms with Crippen LogP contribution >= 0.6 is 11.8 Å². The molecule has 1 spiro atoms. The summed E-state index contributed by atoms with van der Waals surface area (Å²) >= 11 is 1.89. The molecule has 0 atom stereocenters. The molecule has 2 nitrogen and oxygen atoms in total. The Morgan fingerprint density at radius 2 is 1.06 bits per heavy atom. The van der Waals surface area contributed by atoms with Crippen LogP contribution in [0.25, 0.3) is 60.8 Å². The van der Waals surface area contributed by atoms with E-state index in [1.807, 2.05) is 11.8 Å². The first-order valence-corrected chi connectivity index (χ1v) is 17.6. The molecule has 1 aliphatic carbocycles. The molecule has 0 saturated heterocycles. The Bertz CT molecular complexity index is 2770. The summed E-state index contributed by atoms with van der Waals surface area (Å²) in [6, 6.07) is 62.3. The average Bonchev–Trinajstić information content (AvgIpc) is 3.64. The number of fused-ring (bicyclic) bond motifs is 13. The molecule has 0 fully saturated rings. The van der Waals surface area contributed by atoms with Crippen LogP contribution in [0.5, 0.6) is 0 Å². The Hall–Kier alpha value is -5.90. The highest BCUT2D eigenvalue weighted by molar-refractivity contribution is 7.99. The summed E-state index contributed by atoms with van der Waals surface area (Å²) in [7, 11) is 0. The van der Waals surface area contributed by atoms with Crippen LogP contribution in [0.1, 0.15) is 22.3 Å². The number of aromatic nitrogens is 2. The second kappa shape index (κ2) is 10.1. The van der Waals surface area contributed by atoms with E-state index in [0.29, 0.717) is 0 Å². The van der Waals surface area contributed by atoms with Gasteiger partial charge in [0.1, 0.15) is 5.82 Å². The van der Waals surface area contributed by atoms with Crippen molar-refractivity contribution in [3.05, 3.63) is 192 Å². The molecule has 9 aromatic rings. The molecule has 3 heteroatoms. The highest BCUT2D eigenvalue weighted by Crippen LogP contribution is 2.62. The predicted octanol–water partition coefficient (Wildman–Crippen LogP) is 11.8. The minimum Gasteiger partial charge on any atom is -0.294 e. The van der Waals surface area contributed by atoms with Gasteiger partial charge in [-0.1, -0.05) is 145 Å². The van der Waals surface area contributed by atoms with Crippen LogP contribution in [0.4, 0.5) is 0 Å². The van der Waals surface area contributed by atoms with Crippen LogP contribution in [0, 0.1) is 0 Å². The van der Waals surface area contributed by atoms with Gasteiger partial charge in [-0.3, -0.25) is 4.57 Å². The standard InChI is InChI=1S/C46H28N2S/c1-2-14-29(15-3-1)34-27-45(47-40-23-11-6-18-32(34)40)48-41-24-12-7-19-33(41)35-26-39-44(28-42(35)48)49-43-25-13-10-22-38(43)46(39)36-20-8-4-16-30(36)31-17-5-9-21-37(31)46/h1-28H. The van der Waals surface area contributed by atoms with Crippen molar-refractivity contribution >= 4 is 44.5 Å². The molecular weight excluding hydrogens is 613 g/mol. The number of nitrogens with zero attached hydrogens (tertiary/aromatic N) is 2. The average molecular weight is 641 g/mol. The van der Waals surface area contributed by atoms with Crippen LogP contribution in [0.15, 0.2) is 180 Å². The lowest BCUT2D eigenvalue weighted by Gasteiger charge is -2.39. The lowest BCUT2D eigenvalue weighted by atomic mass is 9.67. The van der Waals surface area contributed by atoms with E-state index in [4.69, 9.17) is 4.98 Å². The van der Waals surface area contributed by atoms with Gasteiger partial charge in [0.25, 0.3) is 0 Å². The van der Waals surface area contributed by atoms with Gasteiger partial charge in [-0.15, -0.1) is 0 Å². The SMILES string of the molecule is c1ccc(-c2cc(-n3c4ccccc4c4cc5c(cc43)Sc3ccccc3C53c4ccccc4-c4ccccc43)nc3ccccc23)cc1. The van der Waals surface area contributed by atoms with Gasteiger partial charge >= 0.3 is 0 Å². The zero-order chi connectivity index (χ0) is 32.1. The second-order valence-electron chi connectivity index (χ2n) is 13.1. The minimum absolute atomic E-state index is 0.413. The molecule has 0 radical (unpaired) electrons. The van der Waals surface area contributed by atoms with Gasteiger partial charge in [-0.25, -0.2) is 4.98 Å². The Balaban J connectivity index is 1.26. The first-order valence-electron chi connectivity index (χ1n) is 16.8. The minimum atomic E-state index is -0.413. The summed E-state index contributed by atoms with van der Waals surface area (Å²) in [5.74, 6) is 0.927. The largest absolute Gasteiger partial charge is 0.294 e.